The summed E-state index contributed by atoms with van der Waals surface area (Å²) in [7, 11) is 0. The zero-order chi connectivity index (χ0) is 21.5. The molecule has 0 saturated carbocycles. The molecule has 0 saturated heterocycles. The fourth-order valence-electron chi connectivity index (χ4n) is 2.76. The van der Waals surface area contributed by atoms with Gasteiger partial charge in [0, 0.05) is 30.9 Å². The summed E-state index contributed by atoms with van der Waals surface area (Å²) < 4.78 is 11.6. The van der Waals surface area contributed by atoms with Gasteiger partial charge in [-0.05, 0) is 30.3 Å². The largest absolute Gasteiger partial charge is 0.493 e. The molecule has 1 N–H and O–H groups in total. The minimum Gasteiger partial charge on any atom is -0.493 e. The number of ether oxygens (including phenoxy) is 2. The van der Waals surface area contributed by atoms with Crippen molar-refractivity contribution in [2.75, 3.05) is 13.2 Å². The number of carbonyl (C=O) groups excluding carboxylic acids is 2. The second-order valence-electron chi connectivity index (χ2n) is 6.47. The Bertz CT molecular complexity index is 939. The van der Waals surface area contributed by atoms with E-state index in [0.717, 1.165) is 5.75 Å². The van der Waals surface area contributed by atoms with Crippen LogP contribution in [0.15, 0.2) is 53.6 Å². The normalized spacial score (nSPS) is 15.5. The molecule has 0 aliphatic carbocycles. The van der Waals surface area contributed by atoms with Crippen molar-refractivity contribution < 1.29 is 19.1 Å². The molecule has 3 rings (SSSR count). The van der Waals surface area contributed by atoms with Crippen LogP contribution >= 0.6 is 23.4 Å². The topological polar surface area (TPSA) is 80.2 Å². The Balaban J connectivity index is 1.66. The van der Waals surface area contributed by atoms with Gasteiger partial charge in [-0.25, -0.2) is 5.01 Å². The van der Waals surface area contributed by atoms with Crippen molar-refractivity contribution >= 4 is 40.3 Å². The van der Waals surface area contributed by atoms with E-state index in [1.807, 2.05) is 30.3 Å². The second-order valence-corrected chi connectivity index (χ2v) is 7.97. The quantitative estimate of drug-likeness (QED) is 0.644. The van der Waals surface area contributed by atoms with Crippen LogP contribution < -0.4 is 14.8 Å². The first-order valence-corrected chi connectivity index (χ1v) is 10.6. The van der Waals surface area contributed by atoms with Gasteiger partial charge in [-0.1, -0.05) is 41.6 Å². The number of benzene rings is 2. The van der Waals surface area contributed by atoms with Crippen molar-refractivity contribution in [3.8, 4) is 11.5 Å². The maximum Gasteiger partial charge on any atom is 0.241 e. The molecule has 1 aliphatic heterocycles. The fourth-order valence-corrected chi connectivity index (χ4v) is 4.09. The second kappa shape index (κ2) is 10.4. The number of hydrogen-bond acceptors (Lipinski definition) is 6. The van der Waals surface area contributed by atoms with Crippen LogP contribution in [0.2, 0.25) is 5.02 Å². The minimum absolute atomic E-state index is 0.255. The molecule has 1 atom stereocenters. The molecule has 0 spiro atoms. The number of hydrogen-bond donors (Lipinski definition) is 1. The van der Waals surface area contributed by atoms with Crippen LogP contribution in [-0.2, 0) is 9.59 Å². The monoisotopic (exact) mass is 447 g/mol. The van der Waals surface area contributed by atoms with Gasteiger partial charge in [0.05, 0.1) is 13.2 Å². The van der Waals surface area contributed by atoms with E-state index >= 15 is 0 Å². The van der Waals surface area contributed by atoms with Crippen molar-refractivity contribution in [2.24, 2.45) is 5.10 Å². The van der Waals surface area contributed by atoms with Gasteiger partial charge in [0.1, 0.15) is 16.9 Å². The molecular weight excluding hydrogens is 426 g/mol. The Morgan fingerprint density at radius 1 is 1.13 bits per heavy atom. The van der Waals surface area contributed by atoms with Gasteiger partial charge < -0.3 is 14.8 Å². The molecule has 0 aromatic heterocycles. The molecule has 158 valence electrons. The molecule has 2 amide bonds. The highest BCUT2D eigenvalue weighted by atomic mass is 35.5. The first kappa shape index (κ1) is 22.0. The Hall–Kier alpha value is -2.71. The van der Waals surface area contributed by atoms with Gasteiger partial charge in [-0.2, -0.15) is 0 Å². The molecule has 2 aromatic carbocycles. The summed E-state index contributed by atoms with van der Waals surface area (Å²) in [6.07, 6.45) is 0.679. The van der Waals surface area contributed by atoms with Crippen molar-refractivity contribution in [1.82, 2.24) is 10.3 Å². The zero-order valence-corrected chi connectivity index (χ0v) is 18.2. The predicted molar refractivity (Wildman–Crippen MR) is 118 cm³/mol. The Kier molecular flexibility index (Phi) is 7.59. The third-order valence-corrected chi connectivity index (χ3v) is 5.36. The van der Waals surface area contributed by atoms with Gasteiger partial charge >= 0.3 is 0 Å². The van der Waals surface area contributed by atoms with Crippen molar-refractivity contribution in [3.63, 3.8) is 0 Å². The van der Waals surface area contributed by atoms with Crippen LogP contribution in [0, 0.1) is 0 Å². The number of rotatable bonds is 7. The zero-order valence-electron chi connectivity index (χ0n) is 16.6. The van der Waals surface area contributed by atoms with Crippen molar-refractivity contribution in [3.05, 3.63) is 59.1 Å². The highest BCUT2D eigenvalue weighted by Gasteiger charge is 2.34. The van der Waals surface area contributed by atoms with E-state index in [-0.39, 0.29) is 11.8 Å². The summed E-state index contributed by atoms with van der Waals surface area (Å²) in [5, 5.41) is 8.53. The molecule has 7 nitrogen and oxygen atoms in total. The number of thioether (sulfide) groups is 1. The Morgan fingerprint density at radius 3 is 2.57 bits per heavy atom. The van der Waals surface area contributed by atoms with Crippen LogP contribution in [0.1, 0.15) is 31.2 Å². The van der Waals surface area contributed by atoms with Crippen LogP contribution in [0.25, 0.3) is 0 Å². The van der Waals surface area contributed by atoms with Gasteiger partial charge in [0.15, 0.2) is 5.17 Å². The summed E-state index contributed by atoms with van der Waals surface area (Å²) in [5.41, 5.74) is 0.704. The average Bonchev–Trinajstić information content (AvgIpc) is 3.12. The number of nitrogens with zero attached hydrogens (tertiary/aromatic N) is 2. The average molecular weight is 448 g/mol. The number of amidine groups is 1. The van der Waals surface area contributed by atoms with Crippen LogP contribution in [-0.4, -0.2) is 35.2 Å². The smallest absolute Gasteiger partial charge is 0.241 e. The maximum atomic E-state index is 12.1. The summed E-state index contributed by atoms with van der Waals surface area (Å²) in [6, 6.07) is 14.8. The van der Waals surface area contributed by atoms with E-state index in [1.165, 1.54) is 30.6 Å². The lowest BCUT2D eigenvalue weighted by atomic mass is 10.2. The Labute approximate surface area is 184 Å². The van der Waals surface area contributed by atoms with E-state index in [9.17, 15) is 9.59 Å². The lowest BCUT2D eigenvalue weighted by Crippen LogP contribution is -2.25. The molecule has 1 heterocycles. The number of hydrazone groups is 1. The van der Waals surface area contributed by atoms with Crippen molar-refractivity contribution in [2.45, 2.75) is 25.6 Å². The number of nitrogens with one attached hydrogen (secondary N) is 1. The molecule has 0 fully saturated rings. The standard InChI is InChI=1S/C21H22ClN3O4S/c1-14(26)23-21-24-25(15(2)27)20(30-21)18-13-16(22)9-10-19(18)29-12-6-11-28-17-7-4-3-5-8-17/h3-5,7-10,13,20H,6,11-12H2,1-2H3,(H,23,24,26). The van der Waals surface area contributed by atoms with Gasteiger partial charge in [0.25, 0.3) is 0 Å². The van der Waals surface area contributed by atoms with Gasteiger partial charge in [-0.3, -0.25) is 9.59 Å². The number of halogens is 1. The predicted octanol–water partition coefficient (Wildman–Crippen LogP) is 4.19. The van der Waals surface area contributed by atoms with E-state index < -0.39 is 5.37 Å². The first-order chi connectivity index (χ1) is 14.4. The molecule has 0 bridgehead atoms. The third-order valence-electron chi connectivity index (χ3n) is 4.05. The highest BCUT2D eigenvalue weighted by Crippen LogP contribution is 2.43. The minimum atomic E-state index is -0.487. The van der Waals surface area contributed by atoms with Gasteiger partial charge in [0.2, 0.25) is 11.8 Å². The third kappa shape index (κ3) is 5.90. The van der Waals surface area contributed by atoms with Gasteiger partial charge in [-0.15, -0.1) is 5.10 Å². The van der Waals surface area contributed by atoms with E-state index in [2.05, 4.69) is 10.4 Å². The summed E-state index contributed by atoms with van der Waals surface area (Å²) in [6.45, 7) is 3.75. The fraction of sp³-hybridized carbons (Fsp3) is 0.286. The Morgan fingerprint density at radius 2 is 1.87 bits per heavy atom. The van der Waals surface area contributed by atoms with E-state index in [4.69, 9.17) is 21.1 Å². The summed E-state index contributed by atoms with van der Waals surface area (Å²) in [4.78, 5) is 23.5. The summed E-state index contributed by atoms with van der Waals surface area (Å²) >= 11 is 7.45. The molecule has 1 unspecified atom stereocenters. The highest BCUT2D eigenvalue weighted by molar-refractivity contribution is 8.14. The molecule has 2 aromatic rings. The van der Waals surface area contributed by atoms with Crippen LogP contribution in [0.5, 0.6) is 11.5 Å². The SMILES string of the molecule is CC(=O)NC1=NN(C(C)=O)C(c2cc(Cl)ccc2OCCCOc2ccccc2)S1. The van der Waals surface area contributed by atoms with Crippen LogP contribution in [0.3, 0.4) is 0 Å². The first-order valence-electron chi connectivity index (χ1n) is 9.37. The van der Waals surface area contributed by atoms with E-state index in [0.29, 0.717) is 41.1 Å². The number of para-hydroxylation sites is 1. The molecule has 30 heavy (non-hydrogen) atoms. The number of amides is 2. The lowest BCUT2D eigenvalue weighted by Gasteiger charge is -2.22. The van der Waals surface area contributed by atoms with E-state index in [1.54, 1.807) is 18.2 Å². The lowest BCUT2D eigenvalue weighted by molar-refractivity contribution is -0.129. The van der Waals surface area contributed by atoms with Crippen LogP contribution in [0.4, 0.5) is 0 Å². The molecule has 9 heteroatoms. The molecule has 1 aliphatic rings. The number of carbonyl (C=O) groups is 2. The maximum absolute atomic E-state index is 12.1. The molecular formula is C21H22ClN3O4S. The van der Waals surface area contributed by atoms with Crippen molar-refractivity contribution in [1.29, 1.82) is 0 Å². The summed E-state index contributed by atoms with van der Waals surface area (Å²) in [5.74, 6) is 0.898. The molecule has 0 radical (unpaired) electrons.